The Morgan fingerprint density at radius 3 is 1.85 bits per heavy atom. The van der Waals surface area contributed by atoms with E-state index in [9.17, 15) is 52.5 Å². The molecule has 14 atom stereocenters. The fourth-order valence-electron chi connectivity index (χ4n) is 5.86. The molecule has 0 aromatic carbocycles. The predicted molar refractivity (Wildman–Crippen MR) is 176 cm³/mol. The SMILES string of the molecule is C#CCCC(=O)N[C@H]1C([C@H](C)[C@@H](CC)OC(C)=O)O[C@@](F)(C(=O)OC)C(F)[C@H]1C.C#CCCC(=O)N[C@H]1C([C@H](O)[C@H](O)CO)O[C@@](F)(C(=O)O)C(F)[C@H]1O. The molecule has 306 valence electrons. The number of ether oxygens (including phenoxy) is 4. The fourth-order valence-corrected chi connectivity index (χ4v) is 5.86. The van der Waals surface area contributed by atoms with Crippen molar-refractivity contribution in [2.45, 2.75) is 133 Å². The minimum absolute atomic E-state index is 0.00328. The molecule has 2 rings (SSSR count). The summed E-state index contributed by atoms with van der Waals surface area (Å²) in [6.07, 6.45) is -5.50. The molecule has 2 fully saturated rings. The lowest BCUT2D eigenvalue weighted by Gasteiger charge is -2.47. The number of hydrogen-bond acceptors (Lipinski definition) is 13. The molecule has 54 heavy (non-hydrogen) atoms. The summed E-state index contributed by atoms with van der Waals surface area (Å²) in [4.78, 5) is 58.2. The van der Waals surface area contributed by atoms with Crippen molar-refractivity contribution in [2.24, 2.45) is 11.8 Å². The highest BCUT2D eigenvalue weighted by Crippen LogP contribution is 2.41. The zero-order chi connectivity index (χ0) is 41.7. The van der Waals surface area contributed by atoms with Crippen LogP contribution in [0.2, 0.25) is 0 Å². The number of terminal acetylenes is 2. The number of aliphatic carboxylic acids is 1. The van der Waals surface area contributed by atoms with Crippen molar-refractivity contribution in [3.8, 4) is 24.7 Å². The van der Waals surface area contributed by atoms with Crippen LogP contribution in [0.25, 0.3) is 0 Å². The zero-order valence-corrected chi connectivity index (χ0v) is 30.2. The summed E-state index contributed by atoms with van der Waals surface area (Å²) in [6.45, 7) is 4.93. The van der Waals surface area contributed by atoms with E-state index in [1.54, 1.807) is 13.8 Å². The Morgan fingerprint density at radius 1 is 0.926 bits per heavy atom. The number of carbonyl (C=O) groups excluding carboxylic acids is 4. The van der Waals surface area contributed by atoms with Crippen molar-refractivity contribution in [2.75, 3.05) is 13.7 Å². The molecule has 7 N–H and O–H groups in total. The van der Waals surface area contributed by atoms with E-state index in [4.69, 9.17) is 32.5 Å². The average Bonchev–Trinajstić information content (AvgIpc) is 3.14. The number of aliphatic hydroxyl groups is 4. The second-order valence-electron chi connectivity index (χ2n) is 12.7. The molecule has 2 aliphatic heterocycles. The Bertz CT molecular complexity index is 1400. The summed E-state index contributed by atoms with van der Waals surface area (Å²) in [6, 6.07) is -2.79. The van der Waals surface area contributed by atoms with Gasteiger partial charge in [-0.15, -0.1) is 24.7 Å². The van der Waals surface area contributed by atoms with Gasteiger partial charge in [0, 0.05) is 44.4 Å². The maximum atomic E-state index is 15.2. The molecule has 0 aliphatic carbocycles. The number of carbonyl (C=O) groups is 5. The standard InChI is InChI=1S/C20H29F2NO6.C14H19F2NO8/c1-7-9-10-15(25)23-16-12(4)18(21)20(22,19(26)27-6)29-17(16)11(3)14(8-2)28-13(5)24;1-2-3-4-7(20)17-8-10(22)12(15)14(16,13(23)24)25-11(8)9(21)6(19)5-18/h1,11-12,14,16-18H,8-10H2,2-6H3,(H,23,25);1,6,8-12,18-19,21-22H,3-5H2,(H,17,20)(H,23,24)/t11-,12+,14-,16-,17?,18?,20-;6-,8-,9-,10+,11?,12?,14-/m11/s1. The quantitative estimate of drug-likeness (QED) is 0.0630. The van der Waals surface area contributed by atoms with Crippen LogP contribution in [0.4, 0.5) is 17.6 Å². The maximum absolute atomic E-state index is 15.2. The lowest BCUT2D eigenvalue weighted by molar-refractivity contribution is -0.293. The number of carboxylic acid groups (broad SMARTS) is 1. The van der Waals surface area contributed by atoms with Crippen molar-refractivity contribution in [3.05, 3.63) is 0 Å². The molecule has 2 saturated heterocycles. The van der Waals surface area contributed by atoms with Gasteiger partial charge in [-0.1, -0.05) is 20.8 Å². The first kappa shape index (κ1) is 48.0. The maximum Gasteiger partial charge on any atom is 0.375 e. The Kier molecular flexibility index (Phi) is 18.8. The molecule has 0 radical (unpaired) electrons. The van der Waals surface area contributed by atoms with Crippen molar-refractivity contribution < 1.29 is 86.0 Å². The molecule has 0 bridgehead atoms. The van der Waals surface area contributed by atoms with E-state index in [-0.39, 0.29) is 25.7 Å². The van der Waals surface area contributed by atoms with Gasteiger partial charge in [0.25, 0.3) is 0 Å². The van der Waals surface area contributed by atoms with Crippen molar-refractivity contribution in [1.82, 2.24) is 10.6 Å². The van der Waals surface area contributed by atoms with Crippen LogP contribution in [0, 0.1) is 36.5 Å². The smallest absolute Gasteiger partial charge is 0.375 e. The van der Waals surface area contributed by atoms with Crippen LogP contribution < -0.4 is 10.6 Å². The highest BCUT2D eigenvalue weighted by molar-refractivity contribution is 5.80. The van der Waals surface area contributed by atoms with E-state index >= 15 is 4.39 Å². The first-order valence-electron chi connectivity index (χ1n) is 16.7. The zero-order valence-electron chi connectivity index (χ0n) is 30.2. The van der Waals surface area contributed by atoms with Crippen molar-refractivity contribution in [1.29, 1.82) is 0 Å². The molecule has 0 aromatic heterocycles. The van der Waals surface area contributed by atoms with Gasteiger partial charge >= 0.3 is 29.6 Å². The first-order chi connectivity index (χ1) is 25.1. The van der Waals surface area contributed by atoms with E-state index in [0.717, 1.165) is 7.11 Å². The van der Waals surface area contributed by atoms with Crippen LogP contribution in [-0.2, 0) is 42.9 Å². The number of rotatable bonds is 15. The number of aliphatic hydroxyl groups excluding tert-OH is 4. The average molecular weight is 785 g/mol. The third-order valence-corrected chi connectivity index (χ3v) is 8.87. The molecule has 0 spiro atoms. The summed E-state index contributed by atoms with van der Waals surface area (Å²) in [5, 5.41) is 51.6. The van der Waals surface area contributed by atoms with E-state index in [1.807, 2.05) is 0 Å². The Morgan fingerprint density at radius 2 is 1.43 bits per heavy atom. The number of alkyl halides is 4. The van der Waals surface area contributed by atoms with Crippen molar-refractivity contribution in [3.63, 3.8) is 0 Å². The minimum atomic E-state index is -4.03. The molecule has 16 nitrogen and oxygen atoms in total. The number of esters is 2. The van der Waals surface area contributed by atoms with Crippen LogP contribution in [0.5, 0.6) is 0 Å². The monoisotopic (exact) mass is 784 g/mol. The Balaban J connectivity index is 0.000000546. The highest BCUT2D eigenvalue weighted by Gasteiger charge is 2.63. The van der Waals surface area contributed by atoms with Gasteiger partial charge in [0.05, 0.1) is 31.9 Å². The predicted octanol–water partition coefficient (Wildman–Crippen LogP) is -0.479. The minimum Gasteiger partial charge on any atom is -0.477 e. The molecular formula is C34H48F4N2O14. The van der Waals surface area contributed by atoms with Gasteiger partial charge in [0.15, 0.2) is 12.3 Å². The largest absolute Gasteiger partial charge is 0.477 e. The highest BCUT2D eigenvalue weighted by atomic mass is 19.2. The van der Waals surface area contributed by atoms with Gasteiger partial charge in [-0.3, -0.25) is 14.4 Å². The lowest BCUT2D eigenvalue weighted by atomic mass is 9.79. The van der Waals surface area contributed by atoms with Crippen LogP contribution >= 0.6 is 0 Å². The third kappa shape index (κ3) is 11.5. The molecule has 2 amide bonds. The number of carboxylic acids is 1. The molecule has 0 saturated carbocycles. The summed E-state index contributed by atoms with van der Waals surface area (Å²) in [5.41, 5.74) is 0. The van der Waals surface area contributed by atoms with E-state index in [2.05, 4.69) is 31.9 Å². The normalized spacial score (nSPS) is 32.7. The summed E-state index contributed by atoms with van der Waals surface area (Å²) in [7, 11) is 0.921. The Labute approximate surface area is 309 Å². The van der Waals surface area contributed by atoms with Crippen LogP contribution in [0.1, 0.15) is 59.8 Å². The first-order valence-corrected chi connectivity index (χ1v) is 16.7. The second-order valence-corrected chi connectivity index (χ2v) is 12.7. The van der Waals surface area contributed by atoms with Gasteiger partial charge in [-0.2, -0.15) is 8.78 Å². The molecule has 0 aromatic rings. The fraction of sp³-hybridized carbons (Fsp3) is 0.735. The van der Waals surface area contributed by atoms with Gasteiger partial charge in [-0.25, -0.2) is 18.4 Å². The molecule has 4 unspecified atom stereocenters. The number of nitrogens with one attached hydrogen (secondary N) is 2. The molecule has 2 heterocycles. The summed E-state index contributed by atoms with van der Waals surface area (Å²) in [5.74, 6) is -10.4. The summed E-state index contributed by atoms with van der Waals surface area (Å²) < 4.78 is 77.8. The molecule has 2 aliphatic rings. The number of methoxy groups -OCH3 is 1. The van der Waals surface area contributed by atoms with Crippen LogP contribution in [-0.4, -0.2) is 142 Å². The number of hydrogen-bond donors (Lipinski definition) is 7. The third-order valence-electron chi connectivity index (χ3n) is 8.87. The van der Waals surface area contributed by atoms with E-state index in [0.29, 0.717) is 6.42 Å². The van der Waals surface area contributed by atoms with Crippen LogP contribution in [0.15, 0.2) is 0 Å². The van der Waals surface area contributed by atoms with Gasteiger partial charge in [0.2, 0.25) is 11.8 Å². The van der Waals surface area contributed by atoms with Crippen LogP contribution in [0.3, 0.4) is 0 Å². The van der Waals surface area contributed by atoms with Crippen molar-refractivity contribution >= 4 is 29.7 Å². The van der Waals surface area contributed by atoms with E-state index < -0.39 is 121 Å². The van der Waals surface area contributed by atoms with E-state index in [1.165, 1.54) is 13.8 Å². The lowest BCUT2D eigenvalue weighted by Crippen LogP contribution is -2.71. The van der Waals surface area contributed by atoms with Gasteiger partial charge in [0.1, 0.15) is 30.5 Å². The van der Waals surface area contributed by atoms with Gasteiger partial charge in [-0.05, 0) is 6.42 Å². The summed E-state index contributed by atoms with van der Waals surface area (Å²) >= 11 is 0. The number of amides is 2. The number of halogens is 4. The molecule has 20 heteroatoms. The second kappa shape index (κ2) is 21.1. The molecular weight excluding hydrogens is 736 g/mol. The Hall–Kier alpha value is -4.05. The topological polar surface area (TPSA) is 247 Å². The van der Waals surface area contributed by atoms with Gasteiger partial charge < -0.3 is 55.1 Å².